The van der Waals surface area contributed by atoms with E-state index in [-0.39, 0.29) is 0 Å². The first-order chi connectivity index (χ1) is 13.6. The van der Waals surface area contributed by atoms with Gasteiger partial charge >= 0.3 is 45.2 Å². The van der Waals surface area contributed by atoms with Crippen LogP contribution in [0, 0.1) is 5.92 Å². The molecule has 0 aliphatic rings. The monoisotopic (exact) mass is 492 g/mol. The van der Waals surface area contributed by atoms with Crippen LogP contribution in [0.2, 0.25) is 0 Å². The van der Waals surface area contributed by atoms with Gasteiger partial charge in [-0.3, -0.25) is 4.55 Å². The topological polar surface area (TPSA) is 116 Å². The van der Waals surface area contributed by atoms with Gasteiger partial charge in [-0.2, -0.15) is 39.2 Å². The maximum atomic E-state index is 13.6. The Morgan fingerprint density at radius 1 is 1.06 bits per heavy atom. The molecule has 0 aliphatic carbocycles. The highest BCUT2D eigenvalue weighted by atomic mass is 32.2. The number of carbonyl (C=O) groups excluding carboxylic acids is 2. The lowest BCUT2D eigenvalue weighted by Crippen LogP contribution is -2.59. The van der Waals surface area contributed by atoms with Crippen molar-refractivity contribution in [3.8, 4) is 0 Å². The minimum atomic E-state index is -6.67. The van der Waals surface area contributed by atoms with Gasteiger partial charge < -0.3 is 14.2 Å². The van der Waals surface area contributed by atoms with Gasteiger partial charge in [-0.05, 0) is 12.8 Å². The van der Waals surface area contributed by atoms with Crippen LogP contribution >= 0.6 is 0 Å². The van der Waals surface area contributed by atoms with Crippen LogP contribution in [0.4, 0.5) is 30.7 Å². The number of hydrogen-bond donors (Lipinski definition) is 1. The molecule has 0 rings (SSSR count). The molecule has 0 radical (unpaired) electrons. The van der Waals surface area contributed by atoms with Crippen LogP contribution in [0.5, 0.6) is 0 Å². The van der Waals surface area contributed by atoms with Crippen LogP contribution in [0.3, 0.4) is 0 Å². The number of hydrogen-bond acceptors (Lipinski definition) is 7. The molecule has 0 spiro atoms. The first-order valence-corrected chi connectivity index (χ1v) is 9.56. The van der Waals surface area contributed by atoms with Crippen LogP contribution < -0.4 is 0 Å². The molecular weight excluding hydrogens is 473 g/mol. The van der Waals surface area contributed by atoms with Gasteiger partial charge in [0, 0.05) is 12.0 Å². The van der Waals surface area contributed by atoms with Gasteiger partial charge in [0.25, 0.3) is 0 Å². The Kier molecular flexibility index (Phi) is 9.08. The van der Waals surface area contributed by atoms with E-state index < -0.39 is 76.3 Å². The number of rotatable bonds is 11. The molecule has 0 fully saturated rings. The lowest BCUT2D eigenvalue weighted by atomic mass is 10.2. The predicted octanol–water partition coefficient (Wildman–Crippen LogP) is 3.09. The molecule has 8 nitrogen and oxygen atoms in total. The normalized spacial score (nSPS) is 15.4. The quantitative estimate of drug-likeness (QED) is 0.154. The molecule has 0 heterocycles. The van der Waals surface area contributed by atoms with Crippen LogP contribution in [-0.2, 0) is 33.9 Å². The molecule has 31 heavy (non-hydrogen) atoms. The third-order valence-corrected chi connectivity index (χ3v) is 4.19. The summed E-state index contributed by atoms with van der Waals surface area (Å²) >= 11 is 0. The molecule has 1 unspecified atom stereocenters. The maximum absolute atomic E-state index is 13.6. The lowest BCUT2D eigenvalue weighted by Gasteiger charge is -2.33. The van der Waals surface area contributed by atoms with Crippen LogP contribution in [-0.4, -0.2) is 61.3 Å². The molecule has 16 heteroatoms. The molecule has 1 N–H and O–H groups in total. The highest BCUT2D eigenvalue weighted by Gasteiger charge is 2.69. The van der Waals surface area contributed by atoms with E-state index in [1.165, 1.54) is 13.8 Å². The second kappa shape index (κ2) is 9.68. The van der Waals surface area contributed by atoms with Crippen molar-refractivity contribution < 1.29 is 67.5 Å². The number of ether oxygens (including phenoxy) is 3. The van der Waals surface area contributed by atoms with Crippen molar-refractivity contribution in [1.82, 2.24) is 0 Å². The second-order valence-corrected chi connectivity index (χ2v) is 8.03. The summed E-state index contributed by atoms with van der Waals surface area (Å²) in [4.78, 5) is 23.6. The van der Waals surface area contributed by atoms with Crippen LogP contribution in [0.25, 0.3) is 0 Å². The number of alkyl halides is 7. The molecule has 0 saturated carbocycles. The van der Waals surface area contributed by atoms with Crippen molar-refractivity contribution in [2.45, 2.75) is 50.3 Å². The van der Waals surface area contributed by atoms with E-state index in [0.29, 0.717) is 0 Å². The van der Waals surface area contributed by atoms with E-state index in [2.05, 4.69) is 20.8 Å². The zero-order chi connectivity index (χ0) is 25.1. The molecule has 0 aromatic heterocycles. The Labute approximate surface area is 172 Å². The molecule has 0 amide bonds. The third kappa shape index (κ3) is 6.77. The van der Waals surface area contributed by atoms with Crippen molar-refractivity contribution >= 4 is 22.1 Å². The SMILES string of the molecule is C=C(C)C(=O)OC(OCCC(F)(F)C(F)(F)S(=O)(=O)O)(C(=O)OCC(C)C)C(F)(F)F. The molecule has 0 bridgehead atoms. The first kappa shape index (κ1) is 29.1. The van der Waals surface area contributed by atoms with E-state index >= 15 is 0 Å². The van der Waals surface area contributed by atoms with Gasteiger partial charge in [-0.15, -0.1) is 0 Å². The van der Waals surface area contributed by atoms with E-state index in [1.54, 1.807) is 0 Å². The zero-order valence-corrected chi connectivity index (χ0v) is 17.1. The summed E-state index contributed by atoms with van der Waals surface area (Å²) in [6.45, 7) is 3.89. The summed E-state index contributed by atoms with van der Waals surface area (Å²) in [6, 6.07) is 0. The van der Waals surface area contributed by atoms with Gasteiger partial charge in [0.2, 0.25) is 0 Å². The average Bonchev–Trinajstić information content (AvgIpc) is 2.55. The molecule has 0 aromatic carbocycles. The fourth-order valence-electron chi connectivity index (χ4n) is 1.60. The van der Waals surface area contributed by atoms with E-state index in [4.69, 9.17) is 4.55 Å². The third-order valence-electron chi connectivity index (χ3n) is 3.25. The number of esters is 2. The van der Waals surface area contributed by atoms with Crippen molar-refractivity contribution in [3.05, 3.63) is 12.2 Å². The molecule has 0 aliphatic heterocycles. The Hall–Kier alpha value is -1.94. The molecule has 1 atom stereocenters. The van der Waals surface area contributed by atoms with Gasteiger partial charge in [-0.1, -0.05) is 20.4 Å². The predicted molar refractivity (Wildman–Crippen MR) is 87.5 cm³/mol. The average molecular weight is 492 g/mol. The van der Waals surface area contributed by atoms with Crippen molar-refractivity contribution in [2.75, 3.05) is 13.2 Å². The summed E-state index contributed by atoms with van der Waals surface area (Å²) in [5, 5.41) is -6.10. The summed E-state index contributed by atoms with van der Waals surface area (Å²) in [6.07, 6.45) is -8.40. The lowest BCUT2D eigenvalue weighted by molar-refractivity contribution is -0.357. The fourth-order valence-corrected chi connectivity index (χ4v) is 2.08. The molecular formula is C15H19F7O8S. The Balaban J connectivity index is 6.02. The van der Waals surface area contributed by atoms with E-state index in [9.17, 15) is 48.7 Å². The van der Waals surface area contributed by atoms with Gasteiger partial charge in [0.1, 0.15) is 0 Å². The number of halogens is 7. The Morgan fingerprint density at radius 2 is 1.55 bits per heavy atom. The highest BCUT2D eigenvalue weighted by molar-refractivity contribution is 7.87. The van der Waals surface area contributed by atoms with E-state index in [1.807, 2.05) is 0 Å². The largest absolute Gasteiger partial charge is 0.468 e. The number of carbonyl (C=O) groups is 2. The molecule has 182 valence electrons. The maximum Gasteiger partial charge on any atom is 0.468 e. The van der Waals surface area contributed by atoms with Crippen LogP contribution in [0.1, 0.15) is 27.2 Å². The van der Waals surface area contributed by atoms with Crippen molar-refractivity contribution in [2.24, 2.45) is 5.92 Å². The zero-order valence-electron chi connectivity index (χ0n) is 16.3. The van der Waals surface area contributed by atoms with Gasteiger partial charge in [-0.25, -0.2) is 9.59 Å². The second-order valence-electron chi connectivity index (χ2n) is 6.57. The fraction of sp³-hybridized carbons (Fsp3) is 0.733. The van der Waals surface area contributed by atoms with E-state index in [0.717, 1.165) is 6.92 Å². The summed E-state index contributed by atoms with van der Waals surface area (Å²) < 4.78 is 136. The minimum absolute atomic E-state index is 0.537. The van der Waals surface area contributed by atoms with Crippen molar-refractivity contribution in [1.29, 1.82) is 0 Å². The minimum Gasteiger partial charge on any atom is -0.460 e. The summed E-state index contributed by atoms with van der Waals surface area (Å²) in [5.74, 6) is -15.1. The van der Waals surface area contributed by atoms with Crippen molar-refractivity contribution in [3.63, 3.8) is 0 Å². The smallest absolute Gasteiger partial charge is 0.460 e. The standard InChI is InChI=1S/C15H19F7O8S/c1-8(2)7-28-11(24)13(14(18,19)20,30-10(23)9(3)4)29-6-5-12(16,17)15(21,22)31(25,26)27/h8H,3,5-7H2,1-2,4H3,(H,25,26,27). The van der Waals surface area contributed by atoms with Gasteiger partial charge in [0.15, 0.2) is 0 Å². The van der Waals surface area contributed by atoms with Gasteiger partial charge in [0.05, 0.1) is 13.2 Å². The molecule has 0 aromatic rings. The Bertz CT molecular complexity index is 792. The Morgan fingerprint density at radius 3 is 1.90 bits per heavy atom. The summed E-state index contributed by atoms with van der Waals surface area (Å²) in [7, 11) is -6.67. The highest BCUT2D eigenvalue weighted by Crippen LogP contribution is 2.42. The van der Waals surface area contributed by atoms with Crippen LogP contribution in [0.15, 0.2) is 12.2 Å². The molecule has 0 saturated heterocycles. The first-order valence-electron chi connectivity index (χ1n) is 8.12. The summed E-state index contributed by atoms with van der Waals surface area (Å²) in [5.41, 5.74) is -0.683.